The van der Waals surface area contributed by atoms with Crippen molar-refractivity contribution < 1.29 is 17.9 Å². The van der Waals surface area contributed by atoms with Crippen LogP contribution in [-0.2, 0) is 4.74 Å². The molecule has 0 aromatic carbocycles. The third-order valence-corrected chi connectivity index (χ3v) is 1.50. The van der Waals surface area contributed by atoms with E-state index >= 15 is 0 Å². The van der Waals surface area contributed by atoms with Crippen molar-refractivity contribution in [3.63, 3.8) is 0 Å². The molecule has 0 aliphatic carbocycles. The van der Waals surface area contributed by atoms with E-state index in [9.17, 15) is 13.2 Å². The van der Waals surface area contributed by atoms with Crippen LogP contribution < -0.4 is 0 Å². The Morgan fingerprint density at radius 2 is 2.18 bits per heavy atom. The van der Waals surface area contributed by atoms with Crippen molar-refractivity contribution in [3.05, 3.63) is 0 Å². The number of ether oxygens (including phenoxy) is 1. The maximum atomic E-state index is 11.4. The first kappa shape index (κ1) is 10.7. The van der Waals surface area contributed by atoms with E-state index in [1.165, 1.54) is 0 Å². The van der Waals surface area contributed by atoms with Crippen LogP contribution in [0, 0.1) is 5.18 Å². The summed E-state index contributed by atoms with van der Waals surface area (Å²) in [5.74, 6) is 0. The van der Waals surface area contributed by atoms with Gasteiger partial charge in [-0.15, -0.1) is 0 Å². The highest BCUT2D eigenvalue weighted by Gasteiger charge is 2.23. The predicted octanol–water partition coefficient (Wildman–Crippen LogP) is 2.56. The summed E-state index contributed by atoms with van der Waals surface area (Å²) in [5, 5.41) is 1.16. The van der Waals surface area contributed by atoms with Crippen LogP contribution in [0.4, 0.5) is 13.2 Å². The molecule has 0 atom stereocenters. The van der Waals surface area contributed by atoms with Gasteiger partial charge < -0.3 is 4.74 Å². The van der Waals surface area contributed by atoms with Gasteiger partial charge in [0.2, 0.25) is 4.38 Å². The molecule has 0 radical (unpaired) electrons. The number of hydrogen-bond donors (Lipinski definition) is 0. The second-order valence-electron chi connectivity index (χ2n) is 1.38. The predicted molar refractivity (Wildman–Crippen MR) is 41.8 cm³/mol. The fourth-order valence-corrected chi connectivity index (χ4v) is 0.866. The summed E-state index contributed by atoms with van der Waals surface area (Å²) < 4.78 is 38.6. The Bertz CT molecular complexity index is 200. The first-order chi connectivity index (χ1) is 4.95. The number of thiocarbonyl (C=S) groups is 1. The topological polar surface area (TPSA) is 9.23 Å². The van der Waals surface area contributed by atoms with Crippen molar-refractivity contribution in [2.24, 2.45) is 0 Å². The molecule has 0 amide bonds. The SMILES string of the molecule is CCOC(=S)S#CC(F)(F)F. The van der Waals surface area contributed by atoms with E-state index in [-0.39, 0.29) is 22.2 Å². The van der Waals surface area contributed by atoms with Crippen molar-refractivity contribution in [3.8, 4) is 5.18 Å². The van der Waals surface area contributed by atoms with Crippen molar-refractivity contribution in [1.29, 1.82) is 0 Å². The first-order valence-corrected chi connectivity index (χ1v) is 3.85. The Kier molecular flexibility index (Phi) is 4.40. The number of rotatable bonds is 1. The van der Waals surface area contributed by atoms with Crippen LogP contribution in [0.25, 0.3) is 0 Å². The second-order valence-corrected chi connectivity index (χ2v) is 2.79. The molecule has 0 heterocycles. The van der Waals surface area contributed by atoms with E-state index in [1.807, 2.05) is 0 Å². The minimum atomic E-state index is -4.42. The van der Waals surface area contributed by atoms with E-state index < -0.39 is 6.18 Å². The van der Waals surface area contributed by atoms with Gasteiger partial charge in [0, 0.05) is 5.18 Å². The Morgan fingerprint density at radius 3 is 2.55 bits per heavy atom. The number of alkyl halides is 3. The summed E-state index contributed by atoms with van der Waals surface area (Å²) in [6, 6.07) is 0. The average molecular weight is 202 g/mol. The van der Waals surface area contributed by atoms with Crippen LogP contribution in [0.3, 0.4) is 0 Å². The molecule has 6 heteroatoms. The first-order valence-electron chi connectivity index (χ1n) is 2.63. The molecule has 0 aliphatic heterocycles. The average Bonchev–Trinajstić information content (AvgIpc) is 1.83. The zero-order valence-corrected chi connectivity index (χ0v) is 7.20. The summed E-state index contributed by atoms with van der Waals surface area (Å²) >= 11 is 4.64. The second kappa shape index (κ2) is 4.54. The highest BCUT2D eigenvalue weighted by atomic mass is 32.2. The molecule has 64 valence electrons. The van der Waals surface area contributed by atoms with Crippen LogP contribution in [0.2, 0.25) is 0 Å². The lowest BCUT2D eigenvalue weighted by Gasteiger charge is -1.95. The molecule has 0 N–H and O–H groups in total. The smallest absolute Gasteiger partial charge is 0.460 e. The van der Waals surface area contributed by atoms with Gasteiger partial charge in [-0.3, -0.25) is 0 Å². The molecule has 0 fully saturated rings. The van der Waals surface area contributed by atoms with Gasteiger partial charge >= 0.3 is 6.18 Å². The molecule has 0 aliphatic rings. The number of hydrogen-bond acceptors (Lipinski definition) is 2. The molecular formula is C5H5F3OS2. The molecule has 0 aromatic heterocycles. The zero-order valence-electron chi connectivity index (χ0n) is 5.57. The van der Waals surface area contributed by atoms with Crippen LogP contribution in [0.5, 0.6) is 0 Å². The summed E-state index contributed by atoms with van der Waals surface area (Å²) in [6.07, 6.45) is -4.42. The highest BCUT2D eigenvalue weighted by molar-refractivity contribution is 8.15. The fourth-order valence-electron chi connectivity index (χ4n) is 0.247. The normalized spacial score (nSPS) is 10.2. The summed E-state index contributed by atoms with van der Waals surface area (Å²) in [5.41, 5.74) is 0. The molecule has 0 bridgehead atoms. The maximum Gasteiger partial charge on any atom is 0.460 e. The third kappa shape index (κ3) is 7.58. The van der Waals surface area contributed by atoms with Crippen molar-refractivity contribution in [2.45, 2.75) is 13.1 Å². The lowest BCUT2D eigenvalue weighted by molar-refractivity contribution is -0.0687. The van der Waals surface area contributed by atoms with Gasteiger partial charge in [-0.25, -0.2) is 0 Å². The monoisotopic (exact) mass is 202 g/mol. The molecule has 0 spiro atoms. The summed E-state index contributed by atoms with van der Waals surface area (Å²) in [6.45, 7) is 1.91. The van der Waals surface area contributed by atoms with E-state index in [4.69, 9.17) is 0 Å². The van der Waals surface area contributed by atoms with Gasteiger partial charge in [-0.1, -0.05) is 0 Å². The van der Waals surface area contributed by atoms with Gasteiger partial charge in [0.1, 0.15) is 0 Å². The van der Waals surface area contributed by atoms with Gasteiger partial charge in [-0.2, -0.15) is 13.2 Å². The number of halogens is 3. The Morgan fingerprint density at radius 1 is 1.64 bits per heavy atom. The zero-order chi connectivity index (χ0) is 8.91. The van der Waals surface area contributed by atoms with E-state index in [1.54, 1.807) is 6.92 Å². The maximum absolute atomic E-state index is 11.4. The highest BCUT2D eigenvalue weighted by Crippen LogP contribution is 2.14. The molecule has 1 nitrogen and oxygen atoms in total. The van der Waals surface area contributed by atoms with Gasteiger partial charge in [0.25, 0.3) is 0 Å². The largest absolute Gasteiger partial charge is 0.476 e. The molecule has 11 heavy (non-hydrogen) atoms. The van der Waals surface area contributed by atoms with E-state index in [0.717, 1.165) is 5.18 Å². The van der Waals surface area contributed by atoms with Gasteiger partial charge in [-0.05, 0) is 30.3 Å². The lowest BCUT2D eigenvalue weighted by atomic mass is 10.8. The Hall–Kier alpha value is -0.320. The van der Waals surface area contributed by atoms with Crippen LogP contribution in [0.15, 0.2) is 0 Å². The molecule has 0 rings (SSSR count). The van der Waals surface area contributed by atoms with Crippen molar-refractivity contribution >= 4 is 27.8 Å². The summed E-state index contributed by atoms with van der Waals surface area (Å²) in [4.78, 5) is 0. The summed E-state index contributed by atoms with van der Waals surface area (Å²) in [7, 11) is 0. The van der Waals surface area contributed by atoms with Crippen molar-refractivity contribution in [1.82, 2.24) is 0 Å². The standard InChI is InChI=1S/C5H5F3OS2/c1-2-9-4(10)11-3-5(6,7)8/h2H2,1H3. The van der Waals surface area contributed by atoms with Gasteiger partial charge in [0.15, 0.2) is 0 Å². The van der Waals surface area contributed by atoms with E-state index in [0.29, 0.717) is 0 Å². The quantitative estimate of drug-likeness (QED) is 0.604. The third-order valence-electron chi connectivity index (χ3n) is 0.512. The molecule has 0 aromatic rings. The Labute approximate surface area is 71.1 Å². The molecular weight excluding hydrogens is 197 g/mol. The van der Waals surface area contributed by atoms with Crippen LogP contribution >= 0.6 is 23.4 Å². The minimum absolute atomic E-state index is 0.162. The van der Waals surface area contributed by atoms with E-state index in [2.05, 4.69) is 17.0 Å². The lowest BCUT2D eigenvalue weighted by Crippen LogP contribution is -2.01. The fraction of sp³-hybridized carbons (Fsp3) is 0.600. The van der Waals surface area contributed by atoms with Crippen LogP contribution in [-0.4, -0.2) is 17.2 Å². The molecule has 0 saturated heterocycles. The Balaban J connectivity index is 3.98. The molecule has 0 unspecified atom stereocenters. The van der Waals surface area contributed by atoms with Crippen LogP contribution in [0.1, 0.15) is 6.92 Å². The minimum Gasteiger partial charge on any atom is -0.476 e. The van der Waals surface area contributed by atoms with Crippen molar-refractivity contribution in [2.75, 3.05) is 6.61 Å². The van der Waals surface area contributed by atoms with Gasteiger partial charge in [0.05, 0.1) is 6.61 Å². The molecule has 0 saturated carbocycles.